The molecular formula is C11H15BrN2S. The highest BCUT2D eigenvalue weighted by atomic mass is 79.9. The normalized spacial score (nSPS) is 20.5. The molecule has 1 aliphatic heterocycles. The Balaban J connectivity index is 1.92. The zero-order valence-corrected chi connectivity index (χ0v) is 11.2. The zero-order valence-electron chi connectivity index (χ0n) is 8.79. The fraction of sp³-hybridized carbons (Fsp3) is 0.545. The number of anilines is 1. The van der Waals surface area contributed by atoms with E-state index in [1.165, 1.54) is 24.2 Å². The first-order valence-corrected chi connectivity index (χ1v) is 7.07. The van der Waals surface area contributed by atoms with Gasteiger partial charge >= 0.3 is 0 Å². The average molecular weight is 287 g/mol. The van der Waals surface area contributed by atoms with Crippen LogP contribution in [0.3, 0.4) is 0 Å². The van der Waals surface area contributed by atoms with Gasteiger partial charge in [0.15, 0.2) is 0 Å². The number of hydrogen-bond donors (Lipinski definition) is 1. The fourth-order valence-electron chi connectivity index (χ4n) is 1.68. The molecule has 1 atom stereocenters. The van der Waals surface area contributed by atoms with Crippen LogP contribution in [0.25, 0.3) is 0 Å². The van der Waals surface area contributed by atoms with Crippen molar-refractivity contribution in [1.29, 1.82) is 0 Å². The molecule has 0 bridgehead atoms. The highest BCUT2D eigenvalue weighted by Crippen LogP contribution is 2.27. The van der Waals surface area contributed by atoms with Crippen LogP contribution in [-0.2, 0) is 0 Å². The first-order valence-electron chi connectivity index (χ1n) is 5.23. The van der Waals surface area contributed by atoms with Crippen molar-refractivity contribution in [3.8, 4) is 0 Å². The van der Waals surface area contributed by atoms with E-state index >= 15 is 0 Å². The van der Waals surface area contributed by atoms with Gasteiger partial charge in [-0.2, -0.15) is 11.8 Å². The lowest BCUT2D eigenvalue weighted by atomic mass is 10.2. The van der Waals surface area contributed by atoms with Gasteiger partial charge in [-0.1, -0.05) is 0 Å². The van der Waals surface area contributed by atoms with Gasteiger partial charge in [0.2, 0.25) is 0 Å². The smallest absolute Gasteiger partial charge is 0.140 e. The van der Waals surface area contributed by atoms with Crippen LogP contribution >= 0.6 is 27.7 Å². The number of nitrogens with zero attached hydrogens (tertiary/aromatic N) is 1. The highest BCUT2D eigenvalue weighted by Gasteiger charge is 2.15. The summed E-state index contributed by atoms with van der Waals surface area (Å²) in [6.45, 7) is 3.08. The van der Waals surface area contributed by atoms with Gasteiger partial charge in [0, 0.05) is 18.0 Å². The topological polar surface area (TPSA) is 24.9 Å². The van der Waals surface area contributed by atoms with Crippen LogP contribution < -0.4 is 5.32 Å². The lowest BCUT2D eigenvalue weighted by Gasteiger charge is -2.11. The van der Waals surface area contributed by atoms with E-state index in [-0.39, 0.29) is 0 Å². The molecule has 0 aliphatic carbocycles. The van der Waals surface area contributed by atoms with Gasteiger partial charge in [-0.15, -0.1) is 0 Å². The van der Waals surface area contributed by atoms with Crippen LogP contribution in [0.2, 0.25) is 0 Å². The lowest BCUT2D eigenvalue weighted by molar-refractivity contribution is 0.803. The van der Waals surface area contributed by atoms with Crippen LogP contribution in [0.15, 0.2) is 16.7 Å². The second-order valence-corrected chi connectivity index (χ2v) is 6.12. The van der Waals surface area contributed by atoms with Crippen molar-refractivity contribution in [3.05, 3.63) is 22.3 Å². The van der Waals surface area contributed by atoms with Gasteiger partial charge < -0.3 is 5.32 Å². The van der Waals surface area contributed by atoms with Gasteiger partial charge in [-0.25, -0.2) is 4.98 Å². The minimum atomic E-state index is 0.764. The standard InChI is InChI=1S/C11H15BrN2S/c1-8-5-10(12)11(13-6-8)14-7-9-3-2-4-15-9/h5-6,9H,2-4,7H2,1H3,(H,13,14). The number of hydrogen-bond acceptors (Lipinski definition) is 3. The summed E-state index contributed by atoms with van der Waals surface area (Å²) in [5.74, 6) is 2.28. The number of aryl methyl sites for hydroxylation is 1. The molecule has 1 aromatic rings. The molecular weight excluding hydrogens is 272 g/mol. The van der Waals surface area contributed by atoms with Gasteiger partial charge in [0.1, 0.15) is 5.82 Å². The number of pyridine rings is 1. The second-order valence-electron chi connectivity index (χ2n) is 3.86. The van der Waals surface area contributed by atoms with Crippen LogP contribution in [0, 0.1) is 6.92 Å². The molecule has 15 heavy (non-hydrogen) atoms. The largest absolute Gasteiger partial charge is 0.368 e. The third-order valence-corrected chi connectivity index (χ3v) is 4.50. The minimum absolute atomic E-state index is 0.764. The number of rotatable bonds is 3. The molecule has 2 nitrogen and oxygen atoms in total. The maximum absolute atomic E-state index is 4.37. The van der Waals surface area contributed by atoms with Gasteiger partial charge in [0.25, 0.3) is 0 Å². The molecule has 1 aliphatic rings. The molecule has 82 valence electrons. The van der Waals surface area contributed by atoms with Crippen LogP contribution in [0.4, 0.5) is 5.82 Å². The van der Waals surface area contributed by atoms with Crippen molar-refractivity contribution >= 4 is 33.5 Å². The summed E-state index contributed by atoms with van der Waals surface area (Å²) in [7, 11) is 0. The van der Waals surface area contributed by atoms with Crippen molar-refractivity contribution in [2.75, 3.05) is 17.6 Å². The average Bonchev–Trinajstić information content (AvgIpc) is 2.69. The van der Waals surface area contributed by atoms with E-state index in [9.17, 15) is 0 Å². The van der Waals surface area contributed by atoms with Crippen molar-refractivity contribution in [2.45, 2.75) is 25.0 Å². The van der Waals surface area contributed by atoms with E-state index < -0.39 is 0 Å². The summed E-state index contributed by atoms with van der Waals surface area (Å²) in [5.41, 5.74) is 1.18. The molecule has 0 saturated carbocycles. The van der Waals surface area contributed by atoms with Crippen molar-refractivity contribution in [1.82, 2.24) is 4.98 Å². The molecule has 1 N–H and O–H groups in total. The Bertz CT molecular complexity index is 337. The maximum atomic E-state index is 4.37. The van der Waals surface area contributed by atoms with Gasteiger partial charge in [-0.05, 0) is 53.1 Å². The number of nitrogens with one attached hydrogen (secondary N) is 1. The Morgan fingerprint density at radius 1 is 1.67 bits per heavy atom. The monoisotopic (exact) mass is 286 g/mol. The Morgan fingerprint density at radius 3 is 3.20 bits per heavy atom. The summed E-state index contributed by atoms with van der Waals surface area (Å²) in [6.07, 6.45) is 4.59. The van der Waals surface area contributed by atoms with E-state index in [1.807, 2.05) is 13.1 Å². The Kier molecular flexibility index (Phi) is 3.92. The molecule has 1 fully saturated rings. The zero-order chi connectivity index (χ0) is 10.7. The van der Waals surface area contributed by atoms with E-state index in [2.05, 4.69) is 44.1 Å². The predicted octanol–water partition coefficient (Wildman–Crippen LogP) is 3.46. The Labute approximate surface area is 103 Å². The summed E-state index contributed by atoms with van der Waals surface area (Å²) >= 11 is 5.59. The number of aromatic nitrogens is 1. The third kappa shape index (κ3) is 3.11. The molecule has 0 radical (unpaired) electrons. The molecule has 0 spiro atoms. The fourth-order valence-corrected chi connectivity index (χ4v) is 3.48. The molecule has 1 aromatic heterocycles. The van der Waals surface area contributed by atoms with E-state index in [0.29, 0.717) is 0 Å². The third-order valence-electron chi connectivity index (χ3n) is 2.50. The SMILES string of the molecule is Cc1cnc(NCC2CCCS2)c(Br)c1. The highest BCUT2D eigenvalue weighted by molar-refractivity contribution is 9.10. The minimum Gasteiger partial charge on any atom is -0.368 e. The lowest BCUT2D eigenvalue weighted by Crippen LogP contribution is -2.14. The van der Waals surface area contributed by atoms with Crippen LogP contribution in [0.5, 0.6) is 0 Å². The summed E-state index contributed by atoms with van der Waals surface area (Å²) in [4.78, 5) is 4.37. The molecule has 1 saturated heterocycles. The first kappa shape index (κ1) is 11.3. The summed E-state index contributed by atoms with van der Waals surface area (Å²) in [6, 6.07) is 2.09. The van der Waals surface area contributed by atoms with Crippen LogP contribution in [0.1, 0.15) is 18.4 Å². The molecule has 2 rings (SSSR count). The van der Waals surface area contributed by atoms with Crippen molar-refractivity contribution in [3.63, 3.8) is 0 Å². The van der Waals surface area contributed by atoms with Gasteiger partial charge in [-0.3, -0.25) is 0 Å². The van der Waals surface area contributed by atoms with Crippen molar-refractivity contribution in [2.24, 2.45) is 0 Å². The predicted molar refractivity (Wildman–Crippen MR) is 70.6 cm³/mol. The number of halogens is 1. The molecule has 4 heteroatoms. The first-order chi connectivity index (χ1) is 7.25. The Morgan fingerprint density at radius 2 is 2.53 bits per heavy atom. The van der Waals surface area contributed by atoms with Gasteiger partial charge in [0.05, 0.1) is 4.47 Å². The molecule has 0 amide bonds. The molecule has 2 heterocycles. The summed E-state index contributed by atoms with van der Waals surface area (Å²) in [5, 5.41) is 4.17. The molecule has 0 aromatic carbocycles. The maximum Gasteiger partial charge on any atom is 0.140 e. The van der Waals surface area contributed by atoms with Crippen LogP contribution in [-0.4, -0.2) is 22.5 Å². The number of thioether (sulfide) groups is 1. The quantitative estimate of drug-likeness (QED) is 0.921. The van der Waals surface area contributed by atoms with E-state index in [4.69, 9.17) is 0 Å². The van der Waals surface area contributed by atoms with Crippen molar-refractivity contribution < 1.29 is 0 Å². The molecule has 1 unspecified atom stereocenters. The van der Waals surface area contributed by atoms with E-state index in [0.717, 1.165) is 22.1 Å². The second kappa shape index (κ2) is 5.21. The van der Waals surface area contributed by atoms with E-state index in [1.54, 1.807) is 0 Å². The Hall–Kier alpha value is -0.220. The summed E-state index contributed by atoms with van der Waals surface area (Å²) < 4.78 is 1.06.